The fourth-order valence-corrected chi connectivity index (χ4v) is 4.86. The molecule has 0 radical (unpaired) electrons. The van der Waals surface area contributed by atoms with Crippen LogP contribution in [-0.4, -0.2) is 32.3 Å². The molecule has 0 saturated carbocycles. The number of allylic oxidation sites excluding steroid dienone is 2. The first-order chi connectivity index (χ1) is 17.6. The van der Waals surface area contributed by atoms with Crippen LogP contribution in [0.3, 0.4) is 0 Å². The predicted molar refractivity (Wildman–Crippen MR) is 143 cm³/mol. The van der Waals surface area contributed by atoms with E-state index in [4.69, 9.17) is 53.8 Å². The topological polar surface area (TPSA) is 83.1 Å². The monoisotopic (exact) mass is 567 g/mol. The van der Waals surface area contributed by atoms with Crippen molar-refractivity contribution in [3.63, 3.8) is 0 Å². The average Bonchev–Trinajstić information content (AvgIpc) is 2.83. The molecule has 0 aromatic heterocycles. The number of rotatable bonds is 9. The van der Waals surface area contributed by atoms with Crippen LogP contribution >= 0.6 is 34.8 Å². The second-order valence-electron chi connectivity index (χ2n) is 8.13. The lowest BCUT2D eigenvalue weighted by Gasteiger charge is -2.31. The van der Waals surface area contributed by atoms with E-state index >= 15 is 0 Å². The van der Waals surface area contributed by atoms with Crippen LogP contribution in [0, 0.1) is 0 Å². The van der Waals surface area contributed by atoms with E-state index in [2.05, 4.69) is 5.32 Å². The molecule has 0 atom stereocenters. The van der Waals surface area contributed by atoms with Crippen molar-refractivity contribution in [2.45, 2.75) is 40.2 Å². The minimum atomic E-state index is -0.814. The Morgan fingerprint density at radius 1 is 0.892 bits per heavy atom. The summed E-state index contributed by atoms with van der Waals surface area (Å²) in [6.07, 6.45) is 0. The van der Waals surface area contributed by atoms with Gasteiger partial charge in [-0.1, -0.05) is 40.9 Å². The third kappa shape index (κ3) is 6.35. The highest BCUT2D eigenvalue weighted by atomic mass is 35.5. The number of esters is 2. The second kappa shape index (κ2) is 12.6. The summed E-state index contributed by atoms with van der Waals surface area (Å²) in [5, 5.41) is 4.29. The normalized spacial score (nSPS) is 13.8. The summed E-state index contributed by atoms with van der Waals surface area (Å²) in [4.78, 5) is 26.1. The second-order valence-corrected chi connectivity index (χ2v) is 9.39. The van der Waals surface area contributed by atoms with Crippen molar-refractivity contribution in [2.24, 2.45) is 0 Å². The quantitative estimate of drug-likeness (QED) is 0.341. The maximum atomic E-state index is 13.0. The van der Waals surface area contributed by atoms with Gasteiger partial charge >= 0.3 is 11.9 Å². The van der Waals surface area contributed by atoms with Gasteiger partial charge in [-0.25, -0.2) is 9.59 Å². The summed E-state index contributed by atoms with van der Waals surface area (Å²) >= 11 is 18.9. The number of benzene rings is 2. The number of nitrogens with one attached hydrogen (secondary N) is 1. The number of carbonyl (C=O) groups excluding carboxylic acids is 2. The highest BCUT2D eigenvalue weighted by Crippen LogP contribution is 2.45. The molecule has 1 aliphatic rings. The molecule has 3 rings (SSSR count). The SMILES string of the molecule is CCOC(=O)C1=C(C)NC(C)=C(C(=O)OCC)C1c1cc(Cl)c(OCc2ccc(Cl)cc2Cl)c(OC)c1. The molecule has 37 heavy (non-hydrogen) atoms. The van der Waals surface area contributed by atoms with Crippen LogP contribution in [0.25, 0.3) is 0 Å². The molecule has 0 fully saturated rings. The lowest BCUT2D eigenvalue weighted by molar-refractivity contribution is -0.139. The molecule has 198 valence electrons. The van der Waals surface area contributed by atoms with Crippen LogP contribution in [0.5, 0.6) is 11.5 Å². The Kier molecular flexibility index (Phi) is 9.76. The third-order valence-electron chi connectivity index (χ3n) is 5.72. The number of halogens is 3. The molecular weight excluding hydrogens is 541 g/mol. The summed E-state index contributed by atoms with van der Waals surface area (Å²) in [6.45, 7) is 7.37. The van der Waals surface area contributed by atoms with Gasteiger partial charge < -0.3 is 24.3 Å². The van der Waals surface area contributed by atoms with Crippen molar-refractivity contribution < 1.29 is 28.5 Å². The fourth-order valence-electron chi connectivity index (χ4n) is 4.12. The van der Waals surface area contributed by atoms with Crippen LogP contribution in [0.1, 0.15) is 44.7 Å². The molecule has 1 N–H and O–H groups in total. The van der Waals surface area contributed by atoms with Crippen molar-refractivity contribution >= 4 is 46.7 Å². The van der Waals surface area contributed by atoms with Gasteiger partial charge in [0.25, 0.3) is 0 Å². The van der Waals surface area contributed by atoms with Gasteiger partial charge in [-0.3, -0.25) is 0 Å². The summed E-state index contributed by atoms with van der Waals surface area (Å²) in [6, 6.07) is 8.41. The zero-order valence-corrected chi connectivity index (χ0v) is 23.4. The fraction of sp³-hybridized carbons (Fsp3) is 0.333. The Hall–Kier alpha value is -2.87. The Morgan fingerprint density at radius 3 is 2.00 bits per heavy atom. The number of hydrogen-bond acceptors (Lipinski definition) is 7. The van der Waals surface area contributed by atoms with Crippen molar-refractivity contribution in [1.29, 1.82) is 0 Å². The van der Waals surface area contributed by atoms with Crippen molar-refractivity contribution in [2.75, 3.05) is 20.3 Å². The number of carbonyl (C=O) groups is 2. The number of dihydropyridines is 1. The van der Waals surface area contributed by atoms with Gasteiger partial charge in [0.05, 0.1) is 42.4 Å². The molecule has 1 heterocycles. The van der Waals surface area contributed by atoms with Crippen molar-refractivity contribution in [1.82, 2.24) is 5.32 Å². The zero-order valence-electron chi connectivity index (χ0n) is 21.2. The van der Waals surface area contributed by atoms with Crippen LogP contribution in [0.2, 0.25) is 15.1 Å². The lowest BCUT2D eigenvalue weighted by Crippen LogP contribution is -2.32. The summed E-state index contributed by atoms with van der Waals surface area (Å²) < 4.78 is 22.2. The van der Waals surface area contributed by atoms with Gasteiger partial charge in [-0.2, -0.15) is 0 Å². The molecule has 0 unspecified atom stereocenters. The molecule has 10 heteroatoms. The highest BCUT2D eigenvalue weighted by Gasteiger charge is 2.38. The number of ether oxygens (including phenoxy) is 4. The zero-order chi connectivity index (χ0) is 27.3. The van der Waals surface area contributed by atoms with Gasteiger partial charge in [-0.05, 0) is 57.5 Å². The van der Waals surface area contributed by atoms with E-state index in [1.54, 1.807) is 58.0 Å². The van der Waals surface area contributed by atoms with Gasteiger partial charge in [0.2, 0.25) is 0 Å². The van der Waals surface area contributed by atoms with E-state index in [1.807, 2.05) is 0 Å². The summed E-state index contributed by atoms with van der Waals surface area (Å²) in [7, 11) is 1.47. The molecule has 7 nitrogen and oxygen atoms in total. The van der Waals surface area contributed by atoms with Crippen LogP contribution < -0.4 is 14.8 Å². The molecule has 0 amide bonds. The van der Waals surface area contributed by atoms with Gasteiger partial charge in [0.1, 0.15) is 6.61 Å². The van der Waals surface area contributed by atoms with E-state index < -0.39 is 17.9 Å². The van der Waals surface area contributed by atoms with Gasteiger partial charge in [0.15, 0.2) is 11.5 Å². The minimum absolute atomic E-state index is 0.110. The van der Waals surface area contributed by atoms with Crippen molar-refractivity contribution in [3.05, 3.63) is 79.1 Å². The van der Waals surface area contributed by atoms with Gasteiger partial charge in [-0.15, -0.1) is 0 Å². The highest BCUT2D eigenvalue weighted by molar-refractivity contribution is 6.35. The smallest absolute Gasteiger partial charge is 0.336 e. The number of hydrogen-bond donors (Lipinski definition) is 1. The van der Waals surface area contributed by atoms with Crippen molar-refractivity contribution in [3.8, 4) is 11.5 Å². The van der Waals surface area contributed by atoms with E-state index in [-0.39, 0.29) is 41.7 Å². The van der Waals surface area contributed by atoms with E-state index in [9.17, 15) is 9.59 Å². The largest absolute Gasteiger partial charge is 0.493 e. The molecular formula is C27H28Cl3NO6. The predicted octanol–water partition coefficient (Wildman–Crippen LogP) is 6.60. The van der Waals surface area contributed by atoms with Crippen LogP contribution in [-0.2, 0) is 25.7 Å². The Balaban J connectivity index is 2.10. The Morgan fingerprint density at radius 2 is 1.49 bits per heavy atom. The minimum Gasteiger partial charge on any atom is -0.493 e. The lowest BCUT2D eigenvalue weighted by atomic mass is 9.80. The number of methoxy groups -OCH3 is 1. The first-order valence-corrected chi connectivity index (χ1v) is 12.7. The molecule has 1 aliphatic heterocycles. The summed E-state index contributed by atoms with van der Waals surface area (Å²) in [5.74, 6) is -1.33. The van der Waals surface area contributed by atoms with Crippen LogP contribution in [0.15, 0.2) is 52.9 Å². The van der Waals surface area contributed by atoms with Gasteiger partial charge in [0, 0.05) is 27.0 Å². The molecule has 0 saturated heterocycles. The first kappa shape index (κ1) is 28.7. The molecule has 0 bridgehead atoms. The van der Waals surface area contributed by atoms with E-state index in [1.165, 1.54) is 7.11 Å². The third-order valence-corrected chi connectivity index (χ3v) is 6.59. The van der Waals surface area contributed by atoms with Crippen LogP contribution in [0.4, 0.5) is 0 Å². The maximum absolute atomic E-state index is 13.0. The maximum Gasteiger partial charge on any atom is 0.336 e. The Bertz CT molecular complexity index is 1230. The molecule has 0 spiro atoms. The Labute approximate surface area is 231 Å². The first-order valence-electron chi connectivity index (χ1n) is 11.6. The standard InChI is InChI=1S/C27H28Cl3NO6/c1-6-35-26(32)22-14(3)31-15(4)23(27(33)36-7-2)24(22)17-10-20(30)25(21(11-17)34-5)37-13-16-8-9-18(28)12-19(16)29/h8-12,24,31H,6-7,13H2,1-5H3. The average molecular weight is 569 g/mol. The molecule has 2 aromatic rings. The summed E-state index contributed by atoms with van der Waals surface area (Å²) in [5.41, 5.74) is 2.90. The molecule has 0 aliphatic carbocycles. The van der Waals surface area contributed by atoms with E-state index in [0.29, 0.717) is 38.3 Å². The van der Waals surface area contributed by atoms with E-state index in [0.717, 1.165) is 0 Å². The molecule has 2 aromatic carbocycles.